The third-order valence-corrected chi connectivity index (χ3v) is 4.72. The highest BCUT2D eigenvalue weighted by atomic mass is 19.1. The first-order valence-corrected chi connectivity index (χ1v) is 8.76. The number of methoxy groups -OCH3 is 1. The predicted molar refractivity (Wildman–Crippen MR) is 103 cm³/mol. The fraction of sp³-hybridized carbons (Fsp3) is 0.0909. The number of Topliss-reactive ketones (excluding diaryl/α,β-unsaturated/α-hetero) is 1. The van der Waals surface area contributed by atoms with Gasteiger partial charge >= 0.3 is 0 Å². The van der Waals surface area contributed by atoms with Gasteiger partial charge in [0.05, 0.1) is 24.6 Å². The minimum Gasteiger partial charge on any atom is -0.507 e. The van der Waals surface area contributed by atoms with Crippen molar-refractivity contribution in [3.05, 3.63) is 89.6 Å². The van der Waals surface area contributed by atoms with Gasteiger partial charge in [-0.05, 0) is 48.5 Å². The summed E-state index contributed by atoms with van der Waals surface area (Å²) < 4.78 is 24.1. The molecule has 0 radical (unpaired) electrons. The zero-order valence-electron chi connectivity index (χ0n) is 15.3. The number of hydrogen-bond acceptors (Lipinski definition) is 5. The quantitative estimate of drug-likeness (QED) is 0.411. The van der Waals surface area contributed by atoms with E-state index in [0.717, 1.165) is 12.1 Å². The molecule has 1 aliphatic rings. The summed E-state index contributed by atoms with van der Waals surface area (Å²) in [5.41, 5.74) is 0.417. The average molecular weight is 393 g/mol. The van der Waals surface area contributed by atoms with Crippen LogP contribution in [0, 0.1) is 5.82 Å². The summed E-state index contributed by atoms with van der Waals surface area (Å²) in [4.78, 5) is 27.1. The summed E-state index contributed by atoms with van der Waals surface area (Å²) in [6.45, 7) is 0. The highest BCUT2D eigenvalue weighted by Gasteiger charge is 2.49. The number of aliphatic hydroxyl groups is 1. The largest absolute Gasteiger partial charge is 0.507 e. The Morgan fingerprint density at radius 2 is 1.79 bits per heavy atom. The van der Waals surface area contributed by atoms with Crippen LogP contribution < -0.4 is 9.64 Å². The molecule has 1 amide bonds. The topological polar surface area (TPSA) is 80.0 Å². The smallest absolute Gasteiger partial charge is 0.300 e. The zero-order valence-corrected chi connectivity index (χ0v) is 15.3. The first kappa shape index (κ1) is 18.5. The van der Waals surface area contributed by atoms with Crippen molar-refractivity contribution in [1.29, 1.82) is 0 Å². The van der Waals surface area contributed by atoms with Crippen LogP contribution in [-0.2, 0) is 9.59 Å². The van der Waals surface area contributed by atoms with Gasteiger partial charge in [-0.25, -0.2) is 4.39 Å². The number of nitrogens with zero attached hydrogens (tertiary/aromatic N) is 1. The molecule has 1 saturated heterocycles. The molecule has 1 aromatic heterocycles. The van der Waals surface area contributed by atoms with E-state index in [0.29, 0.717) is 17.2 Å². The Balaban J connectivity index is 1.94. The lowest BCUT2D eigenvalue weighted by molar-refractivity contribution is -0.132. The number of benzene rings is 2. The Morgan fingerprint density at radius 1 is 1.07 bits per heavy atom. The van der Waals surface area contributed by atoms with E-state index < -0.39 is 29.3 Å². The van der Waals surface area contributed by atoms with Crippen LogP contribution >= 0.6 is 0 Å². The Labute approximate surface area is 165 Å². The second-order valence-corrected chi connectivity index (χ2v) is 6.36. The molecule has 0 aliphatic carbocycles. The SMILES string of the molecule is COc1ccccc1N1C(=O)C(=O)/C(=C(\O)c2ccc(F)cc2)C1c1ccco1. The van der Waals surface area contributed by atoms with Crippen LogP contribution in [0.5, 0.6) is 5.75 Å². The number of ketones is 1. The van der Waals surface area contributed by atoms with E-state index in [1.807, 2.05) is 0 Å². The van der Waals surface area contributed by atoms with Crippen LogP contribution in [0.1, 0.15) is 17.4 Å². The van der Waals surface area contributed by atoms with Crippen LogP contribution in [0.25, 0.3) is 5.76 Å². The maximum Gasteiger partial charge on any atom is 0.300 e. The zero-order chi connectivity index (χ0) is 20.5. The number of ether oxygens (including phenoxy) is 1. The maximum absolute atomic E-state index is 13.3. The van der Waals surface area contributed by atoms with E-state index in [4.69, 9.17) is 9.15 Å². The molecule has 1 unspecified atom stereocenters. The third-order valence-electron chi connectivity index (χ3n) is 4.72. The molecule has 6 nitrogen and oxygen atoms in total. The third kappa shape index (κ3) is 3.06. The molecule has 146 valence electrons. The van der Waals surface area contributed by atoms with Crippen LogP contribution in [-0.4, -0.2) is 23.9 Å². The number of hydrogen-bond donors (Lipinski definition) is 1. The van der Waals surface area contributed by atoms with Crippen LogP contribution in [0.4, 0.5) is 10.1 Å². The standard InChI is InChI=1S/C22H16FNO5/c1-28-16-6-3-2-5-15(16)24-19(17-7-4-12-29-17)18(21(26)22(24)27)20(25)13-8-10-14(23)11-9-13/h2-12,19,25H,1H3/b20-18-. The summed E-state index contributed by atoms with van der Waals surface area (Å²) >= 11 is 0. The Morgan fingerprint density at radius 3 is 2.45 bits per heavy atom. The van der Waals surface area contributed by atoms with Gasteiger partial charge in [0, 0.05) is 5.56 Å². The second-order valence-electron chi connectivity index (χ2n) is 6.36. The molecule has 4 rings (SSSR count). The van der Waals surface area contributed by atoms with Gasteiger partial charge in [-0.1, -0.05) is 12.1 Å². The number of carbonyl (C=O) groups excluding carboxylic acids is 2. The lowest BCUT2D eigenvalue weighted by Crippen LogP contribution is -2.29. The molecular formula is C22H16FNO5. The molecule has 7 heteroatoms. The van der Waals surface area contributed by atoms with Gasteiger partial charge in [0.15, 0.2) is 0 Å². The van der Waals surface area contributed by atoms with Crippen molar-refractivity contribution < 1.29 is 28.2 Å². The first-order valence-electron chi connectivity index (χ1n) is 8.76. The predicted octanol–water partition coefficient (Wildman–Crippen LogP) is 4.05. The summed E-state index contributed by atoms with van der Waals surface area (Å²) in [6.07, 6.45) is 1.41. The molecule has 1 aliphatic heterocycles. The highest BCUT2D eigenvalue weighted by Crippen LogP contribution is 2.44. The van der Waals surface area contributed by atoms with Gasteiger partial charge in [0.1, 0.15) is 29.1 Å². The molecule has 2 aromatic carbocycles. The van der Waals surface area contributed by atoms with Crippen molar-refractivity contribution in [1.82, 2.24) is 0 Å². The molecule has 29 heavy (non-hydrogen) atoms. The number of furan rings is 1. The Hall–Kier alpha value is -3.87. The number of para-hydroxylation sites is 2. The summed E-state index contributed by atoms with van der Waals surface area (Å²) in [6, 6.07) is 13.9. The minimum absolute atomic E-state index is 0.150. The van der Waals surface area contributed by atoms with Crippen molar-refractivity contribution in [2.24, 2.45) is 0 Å². The number of aliphatic hydroxyl groups excluding tert-OH is 1. The monoisotopic (exact) mass is 393 g/mol. The minimum atomic E-state index is -1.01. The molecule has 2 heterocycles. The maximum atomic E-state index is 13.3. The van der Waals surface area contributed by atoms with Crippen LogP contribution in [0.15, 0.2) is 76.9 Å². The van der Waals surface area contributed by atoms with Gasteiger partial charge in [0.25, 0.3) is 11.7 Å². The fourth-order valence-corrected chi connectivity index (χ4v) is 3.39. The number of anilines is 1. The first-order chi connectivity index (χ1) is 14.0. The average Bonchev–Trinajstić information content (AvgIpc) is 3.35. The van der Waals surface area contributed by atoms with E-state index in [1.54, 1.807) is 36.4 Å². The Kier molecular flexibility index (Phi) is 4.64. The van der Waals surface area contributed by atoms with Crippen molar-refractivity contribution in [3.63, 3.8) is 0 Å². The van der Waals surface area contributed by atoms with Crippen molar-refractivity contribution in [3.8, 4) is 5.75 Å². The lowest BCUT2D eigenvalue weighted by Gasteiger charge is -2.24. The normalized spacial score (nSPS) is 18.3. The number of rotatable bonds is 4. The van der Waals surface area contributed by atoms with Crippen molar-refractivity contribution >= 4 is 23.1 Å². The van der Waals surface area contributed by atoms with E-state index in [-0.39, 0.29) is 11.1 Å². The van der Waals surface area contributed by atoms with Gasteiger partial charge in [-0.2, -0.15) is 0 Å². The molecule has 0 spiro atoms. The van der Waals surface area contributed by atoms with Gasteiger partial charge in [-0.3, -0.25) is 14.5 Å². The summed E-state index contributed by atoms with van der Waals surface area (Å²) in [5, 5.41) is 10.8. The number of amides is 1. The van der Waals surface area contributed by atoms with E-state index in [1.165, 1.54) is 30.4 Å². The number of carbonyl (C=O) groups is 2. The Bertz CT molecular complexity index is 1100. The van der Waals surface area contributed by atoms with Crippen molar-refractivity contribution in [2.45, 2.75) is 6.04 Å². The van der Waals surface area contributed by atoms with E-state index in [2.05, 4.69) is 0 Å². The number of halogens is 1. The fourth-order valence-electron chi connectivity index (χ4n) is 3.39. The molecular weight excluding hydrogens is 377 g/mol. The lowest BCUT2D eigenvalue weighted by atomic mass is 9.99. The van der Waals surface area contributed by atoms with E-state index in [9.17, 15) is 19.1 Å². The molecule has 1 N–H and O–H groups in total. The molecule has 1 atom stereocenters. The molecule has 0 bridgehead atoms. The molecule has 1 fully saturated rings. The van der Waals surface area contributed by atoms with Crippen LogP contribution in [0.3, 0.4) is 0 Å². The van der Waals surface area contributed by atoms with Crippen molar-refractivity contribution in [2.75, 3.05) is 12.0 Å². The van der Waals surface area contributed by atoms with Gasteiger partial charge < -0.3 is 14.3 Å². The summed E-state index contributed by atoms with van der Waals surface area (Å²) in [7, 11) is 1.45. The van der Waals surface area contributed by atoms with E-state index >= 15 is 0 Å². The highest BCUT2D eigenvalue weighted by molar-refractivity contribution is 6.51. The van der Waals surface area contributed by atoms with Gasteiger partial charge in [-0.15, -0.1) is 0 Å². The second kappa shape index (κ2) is 7.27. The summed E-state index contributed by atoms with van der Waals surface area (Å²) in [5.74, 6) is -1.94. The molecule has 0 saturated carbocycles. The molecule has 3 aromatic rings. The van der Waals surface area contributed by atoms with Gasteiger partial charge in [0.2, 0.25) is 0 Å². The van der Waals surface area contributed by atoms with Crippen LogP contribution in [0.2, 0.25) is 0 Å².